The standard InChI is InChI=1S/C16H20N2O5/c19-16(13-10-15(23-18-13)14-5-2-9-22-14)17-6-3-7-20-11-12-4-1-8-21-12/h2,5,9-10,12H,1,3-4,6-8,11H2,(H,17,19)/t12-/m0/s1. The lowest BCUT2D eigenvalue weighted by Gasteiger charge is -2.09. The van der Waals surface area contributed by atoms with E-state index in [-0.39, 0.29) is 17.7 Å². The third-order valence-corrected chi connectivity index (χ3v) is 3.59. The summed E-state index contributed by atoms with van der Waals surface area (Å²) in [6.07, 6.45) is 4.69. The van der Waals surface area contributed by atoms with Gasteiger partial charge in [0.2, 0.25) is 5.76 Å². The van der Waals surface area contributed by atoms with Gasteiger partial charge in [0.15, 0.2) is 11.5 Å². The highest BCUT2D eigenvalue weighted by molar-refractivity contribution is 5.92. The van der Waals surface area contributed by atoms with Crippen molar-refractivity contribution in [2.75, 3.05) is 26.4 Å². The van der Waals surface area contributed by atoms with Gasteiger partial charge in [0.1, 0.15) is 0 Å². The molecule has 1 atom stereocenters. The fourth-order valence-electron chi connectivity index (χ4n) is 2.37. The summed E-state index contributed by atoms with van der Waals surface area (Å²) in [5, 5.41) is 6.53. The van der Waals surface area contributed by atoms with Crippen LogP contribution in [0.2, 0.25) is 0 Å². The first-order chi connectivity index (χ1) is 11.3. The predicted molar refractivity (Wildman–Crippen MR) is 80.9 cm³/mol. The summed E-state index contributed by atoms with van der Waals surface area (Å²) >= 11 is 0. The van der Waals surface area contributed by atoms with Gasteiger partial charge in [-0.1, -0.05) is 5.16 Å². The molecular weight excluding hydrogens is 300 g/mol. The van der Waals surface area contributed by atoms with Crippen molar-refractivity contribution in [1.82, 2.24) is 10.5 Å². The third-order valence-electron chi connectivity index (χ3n) is 3.59. The minimum absolute atomic E-state index is 0.233. The normalized spacial score (nSPS) is 17.5. The Kier molecular flexibility index (Phi) is 5.44. The Hall–Kier alpha value is -2.12. The lowest BCUT2D eigenvalue weighted by atomic mass is 10.2. The molecule has 1 fully saturated rings. The number of rotatable bonds is 8. The van der Waals surface area contributed by atoms with Gasteiger partial charge in [-0.25, -0.2) is 0 Å². The molecule has 0 aromatic carbocycles. The van der Waals surface area contributed by atoms with Crippen LogP contribution in [0.25, 0.3) is 11.5 Å². The second-order valence-corrected chi connectivity index (χ2v) is 5.37. The van der Waals surface area contributed by atoms with Gasteiger partial charge in [-0.3, -0.25) is 4.79 Å². The maximum atomic E-state index is 11.9. The van der Waals surface area contributed by atoms with Crippen molar-refractivity contribution < 1.29 is 23.2 Å². The topological polar surface area (TPSA) is 86.7 Å². The number of nitrogens with zero attached hydrogens (tertiary/aromatic N) is 1. The van der Waals surface area contributed by atoms with Crippen LogP contribution >= 0.6 is 0 Å². The number of hydrogen-bond donors (Lipinski definition) is 1. The molecule has 2 aromatic rings. The number of nitrogens with one attached hydrogen (secondary N) is 1. The summed E-state index contributed by atoms with van der Waals surface area (Å²) in [6.45, 7) is 2.58. The SMILES string of the molecule is O=C(NCCCOC[C@@H]1CCCO1)c1cc(-c2ccco2)on1. The van der Waals surface area contributed by atoms with Crippen LogP contribution in [-0.2, 0) is 9.47 Å². The van der Waals surface area contributed by atoms with Crippen molar-refractivity contribution in [2.45, 2.75) is 25.4 Å². The Morgan fingerprint density at radius 1 is 1.43 bits per heavy atom. The van der Waals surface area contributed by atoms with E-state index in [1.807, 2.05) is 0 Å². The Labute approximate surface area is 133 Å². The molecule has 3 rings (SSSR count). The highest BCUT2D eigenvalue weighted by atomic mass is 16.5. The molecule has 124 valence electrons. The smallest absolute Gasteiger partial charge is 0.273 e. The second-order valence-electron chi connectivity index (χ2n) is 5.37. The molecule has 2 aromatic heterocycles. The number of hydrogen-bond acceptors (Lipinski definition) is 6. The fraction of sp³-hybridized carbons (Fsp3) is 0.500. The molecule has 0 radical (unpaired) electrons. The summed E-state index contributed by atoms with van der Waals surface area (Å²) in [4.78, 5) is 11.9. The molecule has 0 spiro atoms. The van der Waals surface area contributed by atoms with Crippen molar-refractivity contribution >= 4 is 5.91 Å². The maximum Gasteiger partial charge on any atom is 0.273 e. The molecule has 7 nitrogen and oxygen atoms in total. The molecule has 1 N–H and O–H groups in total. The van der Waals surface area contributed by atoms with Crippen molar-refractivity contribution in [3.05, 3.63) is 30.2 Å². The van der Waals surface area contributed by atoms with Crippen LogP contribution in [0.15, 0.2) is 33.4 Å². The lowest BCUT2D eigenvalue weighted by Crippen LogP contribution is -2.26. The Morgan fingerprint density at radius 3 is 3.17 bits per heavy atom. The lowest BCUT2D eigenvalue weighted by molar-refractivity contribution is 0.0166. The molecule has 1 saturated heterocycles. The van der Waals surface area contributed by atoms with E-state index in [4.69, 9.17) is 18.4 Å². The van der Waals surface area contributed by atoms with E-state index >= 15 is 0 Å². The van der Waals surface area contributed by atoms with Crippen molar-refractivity contribution in [1.29, 1.82) is 0 Å². The summed E-state index contributed by atoms with van der Waals surface area (Å²) in [7, 11) is 0. The molecule has 3 heterocycles. The highest BCUT2D eigenvalue weighted by Gasteiger charge is 2.16. The third kappa shape index (κ3) is 4.43. The van der Waals surface area contributed by atoms with Gasteiger partial charge < -0.3 is 23.7 Å². The Bertz CT molecular complexity index is 602. The molecule has 0 aliphatic carbocycles. The first kappa shape index (κ1) is 15.8. The molecule has 0 saturated carbocycles. The zero-order chi connectivity index (χ0) is 15.9. The van der Waals surface area contributed by atoms with Gasteiger partial charge in [0, 0.05) is 25.8 Å². The molecule has 1 aliphatic rings. The fourth-order valence-corrected chi connectivity index (χ4v) is 2.37. The largest absolute Gasteiger partial charge is 0.461 e. The van der Waals surface area contributed by atoms with Crippen LogP contribution < -0.4 is 5.32 Å². The number of furan rings is 1. The minimum Gasteiger partial charge on any atom is -0.461 e. The summed E-state index contributed by atoms with van der Waals surface area (Å²) in [5.41, 5.74) is 0.233. The predicted octanol–water partition coefficient (Wildman–Crippen LogP) is 2.25. The van der Waals surface area contributed by atoms with Gasteiger partial charge in [0.25, 0.3) is 5.91 Å². The number of carbonyl (C=O) groups is 1. The maximum absolute atomic E-state index is 11.9. The van der Waals surface area contributed by atoms with Crippen molar-refractivity contribution in [2.24, 2.45) is 0 Å². The van der Waals surface area contributed by atoms with Crippen LogP contribution in [0.1, 0.15) is 29.8 Å². The summed E-state index contributed by atoms with van der Waals surface area (Å²) < 4.78 is 21.3. The molecule has 1 amide bonds. The van der Waals surface area contributed by atoms with E-state index in [0.717, 1.165) is 25.9 Å². The van der Waals surface area contributed by atoms with E-state index < -0.39 is 0 Å². The Balaban J connectivity index is 1.33. The molecule has 0 unspecified atom stereocenters. The number of aromatic nitrogens is 1. The van der Waals surface area contributed by atoms with Crippen LogP contribution in [0.4, 0.5) is 0 Å². The summed E-state index contributed by atoms with van der Waals surface area (Å²) in [5.74, 6) is 0.699. The quantitative estimate of drug-likeness (QED) is 0.751. The van der Waals surface area contributed by atoms with Gasteiger partial charge in [0.05, 0.1) is 19.0 Å². The molecule has 0 bridgehead atoms. The van der Waals surface area contributed by atoms with Crippen LogP contribution in [0.5, 0.6) is 0 Å². The van der Waals surface area contributed by atoms with Crippen LogP contribution in [0.3, 0.4) is 0 Å². The second kappa shape index (κ2) is 7.94. The molecule has 7 heteroatoms. The van der Waals surface area contributed by atoms with Gasteiger partial charge in [-0.15, -0.1) is 0 Å². The van der Waals surface area contributed by atoms with Crippen LogP contribution in [0, 0.1) is 0 Å². The average molecular weight is 320 g/mol. The molecule has 23 heavy (non-hydrogen) atoms. The monoisotopic (exact) mass is 320 g/mol. The van der Waals surface area contributed by atoms with E-state index in [0.29, 0.717) is 31.3 Å². The van der Waals surface area contributed by atoms with Gasteiger partial charge >= 0.3 is 0 Å². The first-order valence-electron chi connectivity index (χ1n) is 7.81. The zero-order valence-electron chi connectivity index (χ0n) is 12.8. The zero-order valence-corrected chi connectivity index (χ0v) is 12.8. The average Bonchev–Trinajstić information content (AvgIpc) is 3.32. The van der Waals surface area contributed by atoms with E-state index in [1.165, 1.54) is 6.26 Å². The molecular formula is C16H20N2O5. The van der Waals surface area contributed by atoms with E-state index in [2.05, 4.69) is 10.5 Å². The summed E-state index contributed by atoms with van der Waals surface area (Å²) in [6, 6.07) is 5.05. The van der Waals surface area contributed by atoms with Crippen LogP contribution in [-0.4, -0.2) is 43.5 Å². The molecule has 1 aliphatic heterocycles. The van der Waals surface area contributed by atoms with E-state index in [9.17, 15) is 4.79 Å². The minimum atomic E-state index is -0.273. The van der Waals surface area contributed by atoms with Crippen molar-refractivity contribution in [3.8, 4) is 11.5 Å². The number of ether oxygens (including phenoxy) is 2. The first-order valence-corrected chi connectivity index (χ1v) is 7.81. The Morgan fingerprint density at radius 2 is 2.39 bits per heavy atom. The van der Waals surface area contributed by atoms with Gasteiger partial charge in [-0.2, -0.15) is 0 Å². The highest BCUT2D eigenvalue weighted by Crippen LogP contribution is 2.20. The van der Waals surface area contributed by atoms with E-state index in [1.54, 1.807) is 18.2 Å². The van der Waals surface area contributed by atoms with Crippen molar-refractivity contribution in [3.63, 3.8) is 0 Å². The van der Waals surface area contributed by atoms with Gasteiger partial charge in [-0.05, 0) is 31.4 Å². The number of carbonyl (C=O) groups excluding carboxylic acids is 1. The number of amides is 1.